The Balaban J connectivity index is 1.59. The highest BCUT2D eigenvalue weighted by Gasteiger charge is 2.20. The third-order valence-electron chi connectivity index (χ3n) is 5.23. The highest BCUT2D eigenvalue weighted by Crippen LogP contribution is 2.31. The molecule has 5 nitrogen and oxygen atoms in total. The van der Waals surface area contributed by atoms with Gasteiger partial charge in [-0.05, 0) is 47.9 Å². The van der Waals surface area contributed by atoms with Crippen molar-refractivity contribution in [1.29, 1.82) is 0 Å². The number of hydrogen-bond donors (Lipinski definition) is 2. The fourth-order valence-corrected chi connectivity index (χ4v) is 4.01. The first-order valence-corrected chi connectivity index (χ1v) is 10.2. The minimum Gasteiger partial charge on any atom is -0.350 e. The van der Waals surface area contributed by atoms with E-state index in [-0.39, 0.29) is 11.9 Å². The third kappa shape index (κ3) is 4.16. The number of nitrogens with one attached hydrogen (secondary N) is 2. The van der Waals surface area contributed by atoms with Gasteiger partial charge < -0.3 is 15.2 Å². The first kappa shape index (κ1) is 20.0. The monoisotopic (exact) mass is 418 g/mol. The predicted molar refractivity (Wildman–Crippen MR) is 122 cm³/mol. The number of anilines is 1. The maximum absolute atomic E-state index is 12.6. The summed E-state index contributed by atoms with van der Waals surface area (Å²) >= 11 is 6.24. The topological polar surface area (TPSA) is 59.0 Å². The molecule has 0 aliphatic rings. The van der Waals surface area contributed by atoms with E-state index in [2.05, 4.69) is 38.5 Å². The zero-order chi connectivity index (χ0) is 21.1. The molecular formula is C24H23ClN4O. The molecule has 0 radical (unpaired) electrons. The maximum Gasteiger partial charge on any atom is 0.319 e. The molecule has 1 unspecified atom stereocenters. The van der Waals surface area contributed by atoms with Crippen LogP contribution < -0.4 is 10.6 Å². The van der Waals surface area contributed by atoms with Gasteiger partial charge in [-0.2, -0.15) is 0 Å². The van der Waals surface area contributed by atoms with Crippen molar-refractivity contribution in [3.63, 3.8) is 0 Å². The van der Waals surface area contributed by atoms with Gasteiger partial charge in [-0.15, -0.1) is 0 Å². The van der Waals surface area contributed by atoms with Crippen LogP contribution in [0.3, 0.4) is 0 Å². The second-order valence-electron chi connectivity index (χ2n) is 7.37. The Hall–Kier alpha value is -3.31. The number of nitrogens with zero attached hydrogens (tertiary/aromatic N) is 2. The van der Waals surface area contributed by atoms with E-state index in [0.29, 0.717) is 17.3 Å². The van der Waals surface area contributed by atoms with E-state index in [0.717, 1.165) is 27.6 Å². The summed E-state index contributed by atoms with van der Waals surface area (Å²) in [5.74, 6) is -0.0379. The molecule has 152 valence electrons. The van der Waals surface area contributed by atoms with Gasteiger partial charge in [-0.1, -0.05) is 41.9 Å². The number of rotatable bonds is 5. The Morgan fingerprint density at radius 3 is 2.77 bits per heavy atom. The molecule has 0 aliphatic carbocycles. The molecule has 2 amide bonds. The maximum atomic E-state index is 12.6. The molecule has 0 saturated heterocycles. The summed E-state index contributed by atoms with van der Waals surface area (Å²) in [5.41, 5.74) is 4.97. The molecule has 1 atom stereocenters. The van der Waals surface area contributed by atoms with E-state index in [9.17, 15) is 4.79 Å². The quantitative estimate of drug-likeness (QED) is 0.450. The van der Waals surface area contributed by atoms with Crippen LogP contribution in [0.15, 0.2) is 73.2 Å². The second kappa shape index (κ2) is 8.59. The highest BCUT2D eigenvalue weighted by molar-refractivity contribution is 6.33. The molecule has 0 fully saturated rings. The van der Waals surface area contributed by atoms with E-state index in [1.54, 1.807) is 12.3 Å². The van der Waals surface area contributed by atoms with Gasteiger partial charge in [0.05, 0.1) is 10.7 Å². The lowest BCUT2D eigenvalue weighted by Crippen LogP contribution is -2.32. The summed E-state index contributed by atoms with van der Waals surface area (Å²) in [6.45, 7) is 2.38. The fourth-order valence-electron chi connectivity index (χ4n) is 3.72. The molecule has 6 heteroatoms. The zero-order valence-corrected chi connectivity index (χ0v) is 17.6. The number of urea groups is 1. The van der Waals surface area contributed by atoms with Crippen LogP contribution in [-0.2, 0) is 7.05 Å². The smallest absolute Gasteiger partial charge is 0.319 e. The van der Waals surface area contributed by atoms with Gasteiger partial charge in [0.25, 0.3) is 0 Å². The van der Waals surface area contributed by atoms with Gasteiger partial charge in [-0.25, -0.2) is 4.79 Å². The molecule has 4 aromatic rings. The molecule has 0 spiro atoms. The molecule has 2 aromatic carbocycles. The number of aromatic nitrogens is 2. The van der Waals surface area contributed by atoms with Crippen molar-refractivity contribution in [2.45, 2.75) is 12.8 Å². The van der Waals surface area contributed by atoms with Gasteiger partial charge in [0.1, 0.15) is 0 Å². The Morgan fingerprint density at radius 1 is 1.17 bits per heavy atom. The van der Waals surface area contributed by atoms with Crippen molar-refractivity contribution < 1.29 is 4.79 Å². The lowest BCUT2D eigenvalue weighted by molar-refractivity contribution is 0.252. The minimum absolute atomic E-state index is 0.0379. The van der Waals surface area contributed by atoms with Crippen molar-refractivity contribution in [2.75, 3.05) is 11.9 Å². The second-order valence-corrected chi connectivity index (χ2v) is 7.78. The summed E-state index contributed by atoms with van der Waals surface area (Å²) in [6.07, 6.45) is 5.73. The standard InChI is InChI=1S/C24H23ClN4O/c1-16-9-10-22(21(25)12-16)28-24(30)27-14-19(17-6-5-11-26-13-17)20-15-29(2)23-8-4-3-7-18(20)23/h3-13,15,19H,14H2,1-2H3,(H2,27,28,30). The van der Waals surface area contributed by atoms with Gasteiger partial charge in [0.15, 0.2) is 0 Å². The molecule has 2 aromatic heterocycles. The van der Waals surface area contributed by atoms with Crippen molar-refractivity contribution in [3.8, 4) is 0 Å². The minimum atomic E-state index is -0.296. The molecule has 0 saturated carbocycles. The predicted octanol–water partition coefficient (Wildman–Crippen LogP) is 5.49. The van der Waals surface area contributed by atoms with E-state index in [1.807, 2.05) is 56.6 Å². The number of hydrogen-bond acceptors (Lipinski definition) is 2. The molecule has 0 aliphatic heterocycles. The van der Waals surface area contributed by atoms with Crippen molar-refractivity contribution in [3.05, 3.63) is 94.9 Å². The summed E-state index contributed by atoms with van der Waals surface area (Å²) in [4.78, 5) is 16.9. The molecule has 2 heterocycles. The fraction of sp³-hybridized carbons (Fsp3) is 0.167. The number of aryl methyl sites for hydroxylation is 2. The number of fused-ring (bicyclic) bond motifs is 1. The van der Waals surface area contributed by atoms with Crippen molar-refractivity contribution >= 4 is 34.2 Å². The van der Waals surface area contributed by atoms with Gasteiger partial charge in [0.2, 0.25) is 0 Å². The van der Waals surface area contributed by atoms with Crippen LogP contribution in [0.5, 0.6) is 0 Å². The Bertz CT molecular complexity index is 1190. The Morgan fingerprint density at radius 2 is 2.00 bits per heavy atom. The normalized spacial score (nSPS) is 12.0. The van der Waals surface area contributed by atoms with E-state index >= 15 is 0 Å². The van der Waals surface area contributed by atoms with Crippen LogP contribution in [-0.4, -0.2) is 22.1 Å². The first-order valence-electron chi connectivity index (χ1n) is 9.78. The average Bonchev–Trinajstić information content (AvgIpc) is 3.08. The van der Waals surface area contributed by atoms with Crippen LogP contribution in [0, 0.1) is 6.92 Å². The molecule has 4 rings (SSSR count). The lowest BCUT2D eigenvalue weighted by atomic mass is 9.92. The molecule has 0 bridgehead atoms. The van der Waals surface area contributed by atoms with Gasteiger partial charge in [0, 0.05) is 49.0 Å². The lowest BCUT2D eigenvalue weighted by Gasteiger charge is -2.18. The number of para-hydroxylation sites is 1. The zero-order valence-electron chi connectivity index (χ0n) is 16.9. The van der Waals surface area contributed by atoms with E-state index < -0.39 is 0 Å². The van der Waals surface area contributed by atoms with Crippen LogP contribution in [0.4, 0.5) is 10.5 Å². The van der Waals surface area contributed by atoms with Gasteiger partial charge >= 0.3 is 6.03 Å². The summed E-state index contributed by atoms with van der Waals surface area (Å²) in [7, 11) is 2.03. The van der Waals surface area contributed by atoms with Crippen LogP contribution >= 0.6 is 11.6 Å². The first-order chi connectivity index (χ1) is 14.5. The molecule has 30 heavy (non-hydrogen) atoms. The van der Waals surface area contributed by atoms with Crippen molar-refractivity contribution in [2.24, 2.45) is 7.05 Å². The Labute approximate surface area is 180 Å². The van der Waals surface area contributed by atoms with Crippen molar-refractivity contribution in [1.82, 2.24) is 14.9 Å². The number of benzene rings is 2. The largest absolute Gasteiger partial charge is 0.350 e. The van der Waals surface area contributed by atoms with Crippen LogP contribution in [0.1, 0.15) is 22.6 Å². The average molecular weight is 419 g/mol. The van der Waals surface area contributed by atoms with E-state index in [4.69, 9.17) is 11.6 Å². The van der Waals surface area contributed by atoms with E-state index in [1.165, 1.54) is 0 Å². The summed E-state index contributed by atoms with van der Waals surface area (Å²) in [6, 6.07) is 17.5. The summed E-state index contributed by atoms with van der Waals surface area (Å²) in [5, 5.41) is 7.51. The van der Waals surface area contributed by atoms with Crippen LogP contribution in [0.25, 0.3) is 10.9 Å². The molecule has 2 N–H and O–H groups in total. The summed E-state index contributed by atoms with van der Waals surface area (Å²) < 4.78 is 2.11. The SMILES string of the molecule is Cc1ccc(NC(=O)NCC(c2cccnc2)c2cn(C)c3ccccc23)c(Cl)c1. The number of carbonyl (C=O) groups excluding carboxylic acids is 1. The van der Waals surface area contributed by atoms with Gasteiger partial charge in [-0.3, -0.25) is 4.98 Å². The number of amides is 2. The van der Waals surface area contributed by atoms with Crippen LogP contribution in [0.2, 0.25) is 5.02 Å². The Kier molecular flexibility index (Phi) is 5.72. The molecular weight excluding hydrogens is 396 g/mol. The third-order valence-corrected chi connectivity index (χ3v) is 5.54. The number of halogens is 1. The highest BCUT2D eigenvalue weighted by atomic mass is 35.5. The number of carbonyl (C=O) groups is 1. The number of pyridine rings is 1.